The standard InChI is InChI=1S/C25H26FN3O2/c26-21-10-8-18(9-11-21)22-12-14-27-16-24(22)31-17-20-6-2-1-5-19(20)15-29-25(30)23-7-3-4-13-28-23/h1-11,13,22,24,27H,12,14-17H2,(H,29,30). The van der Waals surface area contributed by atoms with Gasteiger partial charge in [-0.1, -0.05) is 42.5 Å². The van der Waals surface area contributed by atoms with E-state index in [0.717, 1.165) is 36.2 Å². The summed E-state index contributed by atoms with van der Waals surface area (Å²) >= 11 is 0. The average molecular weight is 420 g/mol. The SMILES string of the molecule is O=C(NCc1ccccc1COC1CNCCC1c1ccc(F)cc1)c1ccccn1. The van der Waals surface area contributed by atoms with Crippen LogP contribution in [0.15, 0.2) is 72.9 Å². The Bertz CT molecular complexity index is 995. The van der Waals surface area contributed by atoms with E-state index in [1.807, 2.05) is 36.4 Å². The minimum atomic E-state index is -0.225. The van der Waals surface area contributed by atoms with Gasteiger partial charge in [0.25, 0.3) is 5.91 Å². The molecule has 0 radical (unpaired) electrons. The molecular formula is C25H26FN3O2. The van der Waals surface area contributed by atoms with Gasteiger partial charge in [-0.2, -0.15) is 0 Å². The topological polar surface area (TPSA) is 63.2 Å². The minimum Gasteiger partial charge on any atom is -0.372 e. The van der Waals surface area contributed by atoms with Gasteiger partial charge in [-0.05, 0) is 53.9 Å². The van der Waals surface area contributed by atoms with Crippen molar-refractivity contribution in [3.8, 4) is 0 Å². The van der Waals surface area contributed by atoms with Crippen LogP contribution in [0.25, 0.3) is 0 Å². The van der Waals surface area contributed by atoms with E-state index in [1.165, 1.54) is 12.1 Å². The van der Waals surface area contributed by atoms with Crippen LogP contribution in [0, 0.1) is 5.82 Å². The monoisotopic (exact) mass is 419 g/mol. The van der Waals surface area contributed by atoms with Crippen LogP contribution in [-0.4, -0.2) is 30.1 Å². The molecule has 2 unspecified atom stereocenters. The summed E-state index contributed by atoms with van der Waals surface area (Å²) in [7, 11) is 0. The number of pyridine rings is 1. The summed E-state index contributed by atoms with van der Waals surface area (Å²) in [5.74, 6) is -0.209. The molecule has 5 nitrogen and oxygen atoms in total. The molecule has 2 heterocycles. The molecule has 2 N–H and O–H groups in total. The first kappa shape index (κ1) is 21.2. The van der Waals surface area contributed by atoms with Crippen LogP contribution in [0.2, 0.25) is 0 Å². The van der Waals surface area contributed by atoms with Crippen molar-refractivity contribution in [1.29, 1.82) is 0 Å². The highest BCUT2D eigenvalue weighted by atomic mass is 19.1. The van der Waals surface area contributed by atoms with Crippen molar-refractivity contribution >= 4 is 5.91 Å². The van der Waals surface area contributed by atoms with Gasteiger partial charge >= 0.3 is 0 Å². The van der Waals surface area contributed by atoms with Crippen molar-refractivity contribution in [2.75, 3.05) is 13.1 Å². The number of nitrogens with zero attached hydrogens (tertiary/aromatic N) is 1. The largest absolute Gasteiger partial charge is 0.372 e. The first-order chi connectivity index (χ1) is 15.2. The van der Waals surface area contributed by atoms with Crippen LogP contribution in [-0.2, 0) is 17.9 Å². The molecule has 1 amide bonds. The summed E-state index contributed by atoms with van der Waals surface area (Å²) in [5, 5.41) is 6.32. The molecule has 6 heteroatoms. The van der Waals surface area contributed by atoms with E-state index in [-0.39, 0.29) is 23.7 Å². The molecule has 4 rings (SSSR count). The second-order valence-corrected chi connectivity index (χ2v) is 7.67. The molecular weight excluding hydrogens is 393 g/mol. The number of benzene rings is 2. The molecule has 1 aromatic heterocycles. The summed E-state index contributed by atoms with van der Waals surface area (Å²) in [5.41, 5.74) is 3.54. The molecule has 0 bridgehead atoms. The van der Waals surface area contributed by atoms with E-state index in [4.69, 9.17) is 4.74 Å². The first-order valence-corrected chi connectivity index (χ1v) is 10.5. The van der Waals surface area contributed by atoms with Crippen LogP contribution >= 0.6 is 0 Å². The fourth-order valence-corrected chi connectivity index (χ4v) is 3.93. The fourth-order valence-electron chi connectivity index (χ4n) is 3.93. The Morgan fingerprint density at radius 3 is 2.61 bits per heavy atom. The van der Waals surface area contributed by atoms with Gasteiger partial charge in [0.15, 0.2) is 0 Å². The van der Waals surface area contributed by atoms with Gasteiger partial charge in [-0.15, -0.1) is 0 Å². The molecule has 1 aliphatic rings. The molecule has 2 atom stereocenters. The van der Waals surface area contributed by atoms with Gasteiger partial charge in [-0.25, -0.2) is 4.39 Å². The number of carbonyl (C=O) groups excluding carboxylic acids is 1. The molecule has 1 aliphatic heterocycles. The zero-order chi connectivity index (χ0) is 21.5. The molecule has 3 aromatic rings. The molecule has 0 aliphatic carbocycles. The number of hydrogen-bond acceptors (Lipinski definition) is 4. The molecule has 31 heavy (non-hydrogen) atoms. The molecule has 0 saturated carbocycles. The van der Waals surface area contributed by atoms with Crippen LogP contribution in [0.4, 0.5) is 4.39 Å². The van der Waals surface area contributed by atoms with Gasteiger partial charge in [0.1, 0.15) is 11.5 Å². The van der Waals surface area contributed by atoms with Gasteiger partial charge in [0, 0.05) is 25.2 Å². The summed E-state index contributed by atoms with van der Waals surface area (Å²) in [6, 6.07) is 19.9. The Morgan fingerprint density at radius 1 is 1.06 bits per heavy atom. The summed E-state index contributed by atoms with van der Waals surface area (Å²) in [4.78, 5) is 16.4. The third-order valence-corrected chi connectivity index (χ3v) is 5.63. The molecule has 0 spiro atoms. The molecule has 1 fully saturated rings. The molecule has 1 saturated heterocycles. The number of carbonyl (C=O) groups is 1. The summed E-state index contributed by atoms with van der Waals surface area (Å²) < 4.78 is 19.6. The summed E-state index contributed by atoms with van der Waals surface area (Å²) in [6.07, 6.45) is 2.54. The van der Waals surface area contributed by atoms with Crippen LogP contribution in [0.5, 0.6) is 0 Å². The quantitative estimate of drug-likeness (QED) is 0.611. The number of hydrogen-bond donors (Lipinski definition) is 2. The number of aromatic nitrogens is 1. The highest BCUT2D eigenvalue weighted by Gasteiger charge is 2.27. The van der Waals surface area contributed by atoms with Gasteiger partial charge < -0.3 is 15.4 Å². The third kappa shape index (κ3) is 5.54. The predicted molar refractivity (Wildman–Crippen MR) is 117 cm³/mol. The number of nitrogens with one attached hydrogen (secondary N) is 2. The minimum absolute atomic E-state index is 0.00428. The zero-order valence-corrected chi connectivity index (χ0v) is 17.3. The second-order valence-electron chi connectivity index (χ2n) is 7.67. The lowest BCUT2D eigenvalue weighted by molar-refractivity contribution is 0.0103. The molecule has 2 aromatic carbocycles. The first-order valence-electron chi connectivity index (χ1n) is 10.5. The second kappa shape index (κ2) is 10.3. The predicted octanol–water partition coefficient (Wildman–Crippen LogP) is 3.81. The molecule has 160 valence electrons. The highest BCUT2D eigenvalue weighted by Crippen LogP contribution is 2.28. The third-order valence-electron chi connectivity index (χ3n) is 5.63. The lowest BCUT2D eigenvalue weighted by atomic mass is 9.87. The lowest BCUT2D eigenvalue weighted by Crippen LogP contribution is -2.41. The maximum atomic E-state index is 13.3. The van der Waals surface area contributed by atoms with E-state index in [9.17, 15) is 9.18 Å². The summed E-state index contributed by atoms with van der Waals surface area (Å²) in [6.45, 7) is 2.51. The number of halogens is 1. The van der Waals surface area contributed by atoms with E-state index >= 15 is 0 Å². The van der Waals surface area contributed by atoms with Gasteiger partial charge in [0.05, 0.1) is 12.7 Å². The number of amides is 1. The van der Waals surface area contributed by atoms with Crippen molar-refractivity contribution < 1.29 is 13.9 Å². The Hall–Kier alpha value is -3.09. The van der Waals surface area contributed by atoms with Crippen molar-refractivity contribution in [3.63, 3.8) is 0 Å². The number of ether oxygens (including phenoxy) is 1. The van der Waals surface area contributed by atoms with Crippen molar-refractivity contribution in [2.24, 2.45) is 0 Å². The number of rotatable bonds is 7. The number of piperidine rings is 1. The maximum Gasteiger partial charge on any atom is 0.270 e. The Labute approximate surface area is 181 Å². The lowest BCUT2D eigenvalue weighted by Gasteiger charge is -2.32. The highest BCUT2D eigenvalue weighted by molar-refractivity contribution is 5.92. The van der Waals surface area contributed by atoms with Crippen LogP contribution < -0.4 is 10.6 Å². The van der Waals surface area contributed by atoms with Gasteiger partial charge in [-0.3, -0.25) is 9.78 Å². The fraction of sp³-hybridized carbons (Fsp3) is 0.280. The zero-order valence-electron chi connectivity index (χ0n) is 17.3. The normalized spacial score (nSPS) is 18.5. The van der Waals surface area contributed by atoms with E-state index in [0.29, 0.717) is 18.8 Å². The van der Waals surface area contributed by atoms with Crippen molar-refractivity contribution in [1.82, 2.24) is 15.6 Å². The van der Waals surface area contributed by atoms with E-state index in [1.54, 1.807) is 24.4 Å². The average Bonchev–Trinajstić information content (AvgIpc) is 2.83. The smallest absolute Gasteiger partial charge is 0.270 e. The Balaban J connectivity index is 1.40. The van der Waals surface area contributed by atoms with E-state index < -0.39 is 0 Å². The van der Waals surface area contributed by atoms with Crippen molar-refractivity contribution in [2.45, 2.75) is 31.6 Å². The Kier molecular flexibility index (Phi) is 7.02. The maximum absolute atomic E-state index is 13.3. The van der Waals surface area contributed by atoms with Crippen LogP contribution in [0.3, 0.4) is 0 Å². The van der Waals surface area contributed by atoms with E-state index in [2.05, 4.69) is 15.6 Å². The Morgan fingerprint density at radius 2 is 1.84 bits per heavy atom. The van der Waals surface area contributed by atoms with Crippen molar-refractivity contribution in [3.05, 3.63) is 101 Å². The van der Waals surface area contributed by atoms with Crippen LogP contribution in [0.1, 0.15) is 39.5 Å². The van der Waals surface area contributed by atoms with Gasteiger partial charge in [0.2, 0.25) is 0 Å².